The van der Waals surface area contributed by atoms with Crippen molar-refractivity contribution >= 4 is 0 Å². The first-order chi connectivity index (χ1) is 6.24. The number of rotatable bonds is 2. The molecular formula is C10H21N3. The summed E-state index contributed by atoms with van der Waals surface area (Å²) in [4.78, 5) is 2.50. The summed E-state index contributed by atoms with van der Waals surface area (Å²) in [5.74, 6) is 0. The molecule has 1 saturated carbocycles. The largest absolute Gasteiger partial charge is 0.329 e. The van der Waals surface area contributed by atoms with E-state index in [1.807, 2.05) is 0 Å². The van der Waals surface area contributed by atoms with Gasteiger partial charge in [-0.05, 0) is 37.6 Å². The molecule has 3 nitrogen and oxygen atoms in total. The lowest BCUT2D eigenvalue weighted by atomic mass is 9.85. The first-order valence-electron chi connectivity index (χ1n) is 5.42. The topological polar surface area (TPSA) is 55.3 Å². The summed E-state index contributed by atoms with van der Waals surface area (Å²) in [5.41, 5.74) is 12.1. The molecule has 76 valence electrons. The Labute approximate surface area is 80.5 Å². The van der Waals surface area contributed by atoms with E-state index in [4.69, 9.17) is 11.5 Å². The molecule has 0 aromatic heterocycles. The van der Waals surface area contributed by atoms with Crippen LogP contribution in [-0.2, 0) is 0 Å². The van der Waals surface area contributed by atoms with Crippen LogP contribution in [0.1, 0.15) is 25.7 Å². The van der Waals surface area contributed by atoms with Gasteiger partial charge in [0, 0.05) is 25.7 Å². The van der Waals surface area contributed by atoms with Crippen LogP contribution in [0, 0.1) is 5.41 Å². The van der Waals surface area contributed by atoms with E-state index >= 15 is 0 Å². The quantitative estimate of drug-likeness (QED) is 0.640. The predicted octanol–water partition coefficient (Wildman–Crippen LogP) is 0.148. The molecule has 4 N–H and O–H groups in total. The van der Waals surface area contributed by atoms with Gasteiger partial charge < -0.3 is 16.4 Å². The van der Waals surface area contributed by atoms with Crippen molar-refractivity contribution in [2.45, 2.75) is 31.7 Å². The van der Waals surface area contributed by atoms with Crippen molar-refractivity contribution in [1.29, 1.82) is 0 Å². The Morgan fingerprint density at radius 2 is 2.23 bits per heavy atom. The fourth-order valence-electron chi connectivity index (χ4n) is 3.02. The van der Waals surface area contributed by atoms with E-state index in [2.05, 4.69) is 4.90 Å². The second-order valence-electron chi connectivity index (χ2n) is 4.82. The molecule has 0 aromatic rings. The van der Waals surface area contributed by atoms with E-state index in [1.165, 1.54) is 38.8 Å². The van der Waals surface area contributed by atoms with Crippen LogP contribution in [0.5, 0.6) is 0 Å². The van der Waals surface area contributed by atoms with Gasteiger partial charge in [-0.25, -0.2) is 0 Å². The maximum absolute atomic E-state index is 5.97. The summed E-state index contributed by atoms with van der Waals surface area (Å²) in [6.45, 7) is 4.35. The normalized spacial score (nSPS) is 40.6. The van der Waals surface area contributed by atoms with Crippen molar-refractivity contribution in [3.63, 3.8) is 0 Å². The summed E-state index contributed by atoms with van der Waals surface area (Å²) in [7, 11) is 0. The molecular weight excluding hydrogens is 162 g/mol. The molecule has 0 bridgehead atoms. The number of likely N-dealkylation sites (tertiary alicyclic amines) is 1. The SMILES string of the molecule is NCCN1CC[C@@]2(CC[C@@H](N)C2)C1. The number of nitrogens with zero attached hydrogens (tertiary/aromatic N) is 1. The first-order valence-corrected chi connectivity index (χ1v) is 5.42. The molecule has 3 heteroatoms. The Bertz CT molecular complexity index is 183. The fourth-order valence-corrected chi connectivity index (χ4v) is 3.02. The van der Waals surface area contributed by atoms with E-state index in [0.717, 1.165) is 13.1 Å². The van der Waals surface area contributed by atoms with E-state index < -0.39 is 0 Å². The van der Waals surface area contributed by atoms with Gasteiger partial charge in [-0.1, -0.05) is 0 Å². The van der Waals surface area contributed by atoms with Crippen LogP contribution in [0.4, 0.5) is 0 Å². The average molecular weight is 183 g/mol. The predicted molar refractivity (Wildman–Crippen MR) is 54.4 cm³/mol. The summed E-state index contributed by atoms with van der Waals surface area (Å²) in [6, 6.07) is 0.470. The molecule has 1 saturated heterocycles. The van der Waals surface area contributed by atoms with Gasteiger partial charge in [0.25, 0.3) is 0 Å². The van der Waals surface area contributed by atoms with Crippen LogP contribution >= 0.6 is 0 Å². The van der Waals surface area contributed by atoms with Crippen LogP contribution < -0.4 is 11.5 Å². The van der Waals surface area contributed by atoms with Gasteiger partial charge >= 0.3 is 0 Å². The van der Waals surface area contributed by atoms with Gasteiger partial charge in [0.1, 0.15) is 0 Å². The van der Waals surface area contributed by atoms with Crippen molar-refractivity contribution in [2.24, 2.45) is 16.9 Å². The third-order valence-corrected chi connectivity index (χ3v) is 3.70. The molecule has 0 unspecified atom stereocenters. The van der Waals surface area contributed by atoms with Crippen LogP contribution in [0.3, 0.4) is 0 Å². The smallest absolute Gasteiger partial charge is 0.0105 e. The first kappa shape index (κ1) is 9.44. The van der Waals surface area contributed by atoms with Crippen LogP contribution in [0.25, 0.3) is 0 Å². The Morgan fingerprint density at radius 3 is 2.85 bits per heavy atom. The van der Waals surface area contributed by atoms with Crippen molar-refractivity contribution in [3.8, 4) is 0 Å². The minimum atomic E-state index is 0.470. The van der Waals surface area contributed by atoms with Gasteiger partial charge in [0.15, 0.2) is 0 Å². The highest BCUT2D eigenvalue weighted by molar-refractivity contribution is 4.97. The summed E-state index contributed by atoms with van der Waals surface area (Å²) in [5, 5.41) is 0. The second kappa shape index (κ2) is 3.56. The molecule has 1 aliphatic carbocycles. The molecule has 2 aliphatic rings. The van der Waals surface area contributed by atoms with Gasteiger partial charge in [0.05, 0.1) is 0 Å². The van der Waals surface area contributed by atoms with E-state index in [-0.39, 0.29) is 0 Å². The molecule has 0 aromatic carbocycles. The maximum Gasteiger partial charge on any atom is 0.0105 e. The van der Waals surface area contributed by atoms with Crippen molar-refractivity contribution < 1.29 is 0 Å². The maximum atomic E-state index is 5.97. The monoisotopic (exact) mass is 183 g/mol. The molecule has 1 heterocycles. The zero-order valence-electron chi connectivity index (χ0n) is 8.34. The van der Waals surface area contributed by atoms with Crippen molar-refractivity contribution in [1.82, 2.24) is 4.90 Å². The molecule has 1 aliphatic heterocycles. The zero-order valence-corrected chi connectivity index (χ0v) is 8.34. The van der Waals surface area contributed by atoms with Crippen LogP contribution in [0.15, 0.2) is 0 Å². The van der Waals surface area contributed by atoms with Crippen molar-refractivity contribution in [2.75, 3.05) is 26.2 Å². The number of hydrogen-bond donors (Lipinski definition) is 2. The summed E-state index contributed by atoms with van der Waals surface area (Å²) < 4.78 is 0. The van der Waals surface area contributed by atoms with Gasteiger partial charge in [0.2, 0.25) is 0 Å². The van der Waals surface area contributed by atoms with E-state index in [9.17, 15) is 0 Å². The Kier molecular flexibility index (Phi) is 2.58. The summed E-state index contributed by atoms with van der Waals surface area (Å²) in [6.07, 6.45) is 5.17. The highest BCUT2D eigenvalue weighted by atomic mass is 15.2. The third kappa shape index (κ3) is 1.87. The van der Waals surface area contributed by atoms with Crippen molar-refractivity contribution in [3.05, 3.63) is 0 Å². The van der Waals surface area contributed by atoms with Crippen LogP contribution in [-0.4, -0.2) is 37.1 Å². The third-order valence-electron chi connectivity index (χ3n) is 3.70. The number of hydrogen-bond acceptors (Lipinski definition) is 3. The fraction of sp³-hybridized carbons (Fsp3) is 1.00. The Hall–Kier alpha value is -0.120. The van der Waals surface area contributed by atoms with Gasteiger partial charge in [-0.3, -0.25) is 0 Å². The molecule has 13 heavy (non-hydrogen) atoms. The average Bonchev–Trinajstić information content (AvgIpc) is 2.62. The molecule has 2 fully saturated rings. The standard InChI is InChI=1S/C10H21N3/c11-4-6-13-5-3-10(8-13)2-1-9(12)7-10/h9H,1-8,11-12H2/t9-,10-/m1/s1. The summed E-state index contributed by atoms with van der Waals surface area (Å²) >= 11 is 0. The molecule has 0 radical (unpaired) electrons. The molecule has 2 rings (SSSR count). The highest BCUT2D eigenvalue weighted by Gasteiger charge is 2.42. The number of nitrogens with two attached hydrogens (primary N) is 2. The van der Waals surface area contributed by atoms with Crippen LogP contribution in [0.2, 0.25) is 0 Å². The molecule has 0 amide bonds. The second-order valence-corrected chi connectivity index (χ2v) is 4.82. The highest BCUT2D eigenvalue weighted by Crippen LogP contribution is 2.44. The minimum absolute atomic E-state index is 0.470. The molecule has 2 atom stereocenters. The Morgan fingerprint density at radius 1 is 1.38 bits per heavy atom. The Balaban J connectivity index is 1.89. The van der Waals surface area contributed by atoms with Gasteiger partial charge in [-0.2, -0.15) is 0 Å². The zero-order chi connectivity index (χ0) is 9.31. The lowest BCUT2D eigenvalue weighted by molar-refractivity contribution is 0.263. The lowest BCUT2D eigenvalue weighted by Crippen LogP contribution is -2.30. The molecule has 1 spiro atoms. The van der Waals surface area contributed by atoms with E-state index in [0.29, 0.717) is 11.5 Å². The van der Waals surface area contributed by atoms with E-state index in [1.54, 1.807) is 0 Å². The lowest BCUT2D eigenvalue weighted by Gasteiger charge is -2.23. The minimum Gasteiger partial charge on any atom is -0.329 e. The van der Waals surface area contributed by atoms with Gasteiger partial charge in [-0.15, -0.1) is 0 Å².